The fraction of sp³-hybridized carbons (Fsp3) is 0.318. The van der Waals surface area contributed by atoms with Crippen molar-refractivity contribution in [3.63, 3.8) is 0 Å². The molecule has 0 aromatic heterocycles. The zero-order valence-corrected chi connectivity index (χ0v) is 17.4. The van der Waals surface area contributed by atoms with Crippen LogP contribution in [0, 0.1) is 0 Å². The van der Waals surface area contributed by atoms with E-state index in [2.05, 4.69) is 10.5 Å². The van der Waals surface area contributed by atoms with Gasteiger partial charge in [0.15, 0.2) is 6.61 Å². The minimum absolute atomic E-state index is 0.0174. The fourth-order valence-electron chi connectivity index (χ4n) is 2.29. The van der Waals surface area contributed by atoms with Gasteiger partial charge in [-0.2, -0.15) is 5.10 Å². The largest absolute Gasteiger partial charge is 0.491 e. The minimum Gasteiger partial charge on any atom is -0.491 e. The molecule has 1 N–H and O–H groups in total. The number of hydrogen-bond acceptors (Lipinski definition) is 5. The number of ether oxygens (including phenoxy) is 2. The molecule has 2 aromatic carbocycles. The number of hydrogen-bond donors (Lipinski definition) is 1. The molecule has 0 saturated heterocycles. The maximum atomic E-state index is 12.3. The smallest absolute Gasteiger partial charge is 0.271 e. The van der Waals surface area contributed by atoms with E-state index in [1.54, 1.807) is 57.4 Å². The molecule has 0 saturated carbocycles. The van der Waals surface area contributed by atoms with Crippen LogP contribution in [0.25, 0.3) is 0 Å². The first-order valence-corrected chi connectivity index (χ1v) is 9.31. The van der Waals surface area contributed by atoms with Gasteiger partial charge in [-0.25, -0.2) is 5.43 Å². The quantitative estimate of drug-likeness (QED) is 0.548. The second-order valence-electron chi connectivity index (χ2n) is 6.93. The van der Waals surface area contributed by atoms with Crippen molar-refractivity contribution in [2.24, 2.45) is 5.10 Å². The Hall–Kier alpha value is -3.35. The summed E-state index contributed by atoms with van der Waals surface area (Å²) in [7, 11) is 3.35. The zero-order valence-electron chi connectivity index (χ0n) is 17.4. The summed E-state index contributed by atoms with van der Waals surface area (Å²) in [5.41, 5.74) is 4.52. The van der Waals surface area contributed by atoms with Crippen molar-refractivity contribution in [2.75, 3.05) is 20.7 Å². The van der Waals surface area contributed by atoms with Crippen molar-refractivity contribution in [1.82, 2.24) is 10.3 Å². The van der Waals surface area contributed by atoms with Gasteiger partial charge in [0.2, 0.25) is 0 Å². The van der Waals surface area contributed by atoms with Gasteiger partial charge in [-0.05, 0) is 74.9 Å². The zero-order chi connectivity index (χ0) is 21.4. The van der Waals surface area contributed by atoms with Crippen LogP contribution in [0.15, 0.2) is 53.6 Å². The van der Waals surface area contributed by atoms with Crippen LogP contribution >= 0.6 is 0 Å². The van der Waals surface area contributed by atoms with E-state index >= 15 is 0 Å². The number of hydrazone groups is 1. The van der Waals surface area contributed by atoms with Crippen LogP contribution in [-0.4, -0.2) is 49.2 Å². The summed E-state index contributed by atoms with van der Waals surface area (Å²) in [6, 6.07) is 14.0. The molecule has 0 radical (unpaired) electrons. The van der Waals surface area contributed by atoms with Gasteiger partial charge >= 0.3 is 0 Å². The maximum absolute atomic E-state index is 12.3. The fourth-order valence-corrected chi connectivity index (χ4v) is 2.29. The average Bonchev–Trinajstić information content (AvgIpc) is 2.70. The van der Waals surface area contributed by atoms with Gasteiger partial charge in [-0.1, -0.05) is 0 Å². The molecule has 2 aromatic rings. The Labute approximate surface area is 171 Å². The third kappa shape index (κ3) is 6.95. The molecule has 154 valence electrons. The number of likely N-dealkylation sites (N-methyl/N-ethyl adjacent to an activating group) is 1. The lowest BCUT2D eigenvalue weighted by Gasteiger charge is -2.11. The molecule has 0 spiro atoms. The molecule has 0 bridgehead atoms. The van der Waals surface area contributed by atoms with E-state index in [0.717, 1.165) is 5.56 Å². The van der Waals surface area contributed by atoms with Crippen LogP contribution in [0.2, 0.25) is 0 Å². The number of nitrogens with one attached hydrogen (secondary N) is 1. The Kier molecular flexibility index (Phi) is 7.77. The molecule has 0 atom stereocenters. The highest BCUT2D eigenvalue weighted by atomic mass is 16.5. The SMILES string of the molecule is C/C(=N/NC(=O)c1ccc(OC(C)C)cc1)c1ccc(OCC(=O)N(C)C)cc1. The minimum atomic E-state index is -0.303. The number of benzene rings is 2. The van der Waals surface area contributed by atoms with E-state index in [0.29, 0.717) is 22.8 Å². The van der Waals surface area contributed by atoms with Crippen LogP contribution in [0.5, 0.6) is 11.5 Å². The molecule has 0 heterocycles. The van der Waals surface area contributed by atoms with E-state index in [1.165, 1.54) is 4.90 Å². The van der Waals surface area contributed by atoms with Gasteiger partial charge in [0.25, 0.3) is 11.8 Å². The predicted molar refractivity (Wildman–Crippen MR) is 113 cm³/mol. The summed E-state index contributed by atoms with van der Waals surface area (Å²) in [5, 5.41) is 4.15. The third-order valence-electron chi connectivity index (χ3n) is 3.95. The lowest BCUT2D eigenvalue weighted by molar-refractivity contribution is -0.130. The van der Waals surface area contributed by atoms with Crippen LogP contribution in [-0.2, 0) is 4.79 Å². The van der Waals surface area contributed by atoms with Crippen LogP contribution in [0.4, 0.5) is 0 Å². The summed E-state index contributed by atoms with van der Waals surface area (Å²) in [5.74, 6) is 0.885. The summed E-state index contributed by atoms with van der Waals surface area (Å²) in [6.45, 7) is 5.67. The van der Waals surface area contributed by atoms with Gasteiger partial charge in [0.1, 0.15) is 11.5 Å². The van der Waals surface area contributed by atoms with Gasteiger partial charge in [0.05, 0.1) is 11.8 Å². The Balaban J connectivity index is 1.93. The van der Waals surface area contributed by atoms with Gasteiger partial charge in [-0.15, -0.1) is 0 Å². The average molecular weight is 397 g/mol. The number of rotatable bonds is 8. The van der Waals surface area contributed by atoms with E-state index in [1.807, 2.05) is 26.0 Å². The number of carbonyl (C=O) groups excluding carboxylic acids is 2. The standard InChI is InChI=1S/C22H27N3O4/c1-15(2)29-20-12-8-18(9-13-20)22(27)24-23-16(3)17-6-10-19(11-7-17)28-14-21(26)25(4)5/h6-13,15H,14H2,1-5H3,(H,24,27)/b23-16-. The van der Waals surface area contributed by atoms with E-state index < -0.39 is 0 Å². The maximum Gasteiger partial charge on any atom is 0.271 e. The second-order valence-corrected chi connectivity index (χ2v) is 6.93. The molecule has 0 fully saturated rings. The summed E-state index contributed by atoms with van der Waals surface area (Å²) in [6.07, 6.45) is 0.0761. The molecule has 0 unspecified atom stereocenters. The molecular weight excluding hydrogens is 370 g/mol. The van der Waals surface area contributed by atoms with Crippen molar-refractivity contribution < 1.29 is 19.1 Å². The van der Waals surface area contributed by atoms with Gasteiger partial charge in [0, 0.05) is 19.7 Å². The Morgan fingerprint density at radius 1 is 0.966 bits per heavy atom. The Morgan fingerprint density at radius 3 is 2.07 bits per heavy atom. The lowest BCUT2D eigenvalue weighted by Crippen LogP contribution is -2.27. The molecule has 7 heteroatoms. The van der Waals surface area contributed by atoms with Crippen molar-refractivity contribution in [2.45, 2.75) is 26.9 Å². The van der Waals surface area contributed by atoms with Crippen molar-refractivity contribution in [3.8, 4) is 11.5 Å². The summed E-state index contributed by atoms with van der Waals surface area (Å²) < 4.78 is 11.0. The highest BCUT2D eigenvalue weighted by molar-refractivity contribution is 6.00. The Morgan fingerprint density at radius 2 is 1.52 bits per heavy atom. The van der Waals surface area contributed by atoms with Crippen LogP contribution in [0.1, 0.15) is 36.7 Å². The van der Waals surface area contributed by atoms with Crippen LogP contribution in [0.3, 0.4) is 0 Å². The van der Waals surface area contributed by atoms with Crippen molar-refractivity contribution in [1.29, 1.82) is 0 Å². The normalized spacial score (nSPS) is 11.2. The molecule has 7 nitrogen and oxygen atoms in total. The monoisotopic (exact) mass is 397 g/mol. The summed E-state index contributed by atoms with van der Waals surface area (Å²) in [4.78, 5) is 25.3. The number of carbonyl (C=O) groups is 2. The summed E-state index contributed by atoms with van der Waals surface area (Å²) >= 11 is 0. The van der Waals surface area contributed by atoms with E-state index in [9.17, 15) is 9.59 Å². The van der Waals surface area contributed by atoms with Crippen LogP contribution < -0.4 is 14.9 Å². The molecule has 2 amide bonds. The lowest BCUT2D eigenvalue weighted by atomic mass is 10.1. The molecule has 0 aliphatic carbocycles. The second kappa shape index (κ2) is 10.3. The highest BCUT2D eigenvalue weighted by Crippen LogP contribution is 2.15. The first-order valence-electron chi connectivity index (χ1n) is 9.31. The highest BCUT2D eigenvalue weighted by Gasteiger charge is 2.07. The van der Waals surface area contributed by atoms with Crippen molar-refractivity contribution >= 4 is 17.5 Å². The number of nitrogens with zero attached hydrogens (tertiary/aromatic N) is 2. The first kappa shape index (κ1) is 21.9. The number of amides is 2. The molecule has 0 aliphatic heterocycles. The van der Waals surface area contributed by atoms with E-state index in [4.69, 9.17) is 9.47 Å². The van der Waals surface area contributed by atoms with Gasteiger partial charge in [-0.3, -0.25) is 9.59 Å². The topological polar surface area (TPSA) is 80.2 Å². The molecular formula is C22H27N3O4. The molecule has 0 aliphatic rings. The molecule has 29 heavy (non-hydrogen) atoms. The van der Waals surface area contributed by atoms with Crippen molar-refractivity contribution in [3.05, 3.63) is 59.7 Å². The van der Waals surface area contributed by atoms with Gasteiger partial charge < -0.3 is 14.4 Å². The van der Waals surface area contributed by atoms with E-state index in [-0.39, 0.29) is 24.5 Å². The predicted octanol–water partition coefficient (Wildman–Crippen LogP) is 3.09. The first-order chi connectivity index (χ1) is 13.8. The third-order valence-corrected chi connectivity index (χ3v) is 3.95. The molecule has 2 rings (SSSR count). The Bertz CT molecular complexity index is 857.